The fourth-order valence-corrected chi connectivity index (χ4v) is 2.64. The van der Waals surface area contributed by atoms with E-state index in [0.29, 0.717) is 22.5 Å². The van der Waals surface area contributed by atoms with Crippen molar-refractivity contribution in [3.05, 3.63) is 47.8 Å². The van der Waals surface area contributed by atoms with Gasteiger partial charge in [0.2, 0.25) is 0 Å². The molecule has 0 unspecified atom stereocenters. The summed E-state index contributed by atoms with van der Waals surface area (Å²) in [6, 6.07) is 6.34. The molecule has 1 fully saturated rings. The molecule has 2 heterocycles. The molecule has 1 saturated carbocycles. The number of nitrogens with zero attached hydrogens (tertiary/aromatic N) is 4. The van der Waals surface area contributed by atoms with Crippen LogP contribution in [0.3, 0.4) is 0 Å². The van der Waals surface area contributed by atoms with Gasteiger partial charge in [0.25, 0.3) is 0 Å². The lowest BCUT2D eigenvalue weighted by Gasteiger charge is -2.08. The summed E-state index contributed by atoms with van der Waals surface area (Å²) in [6.45, 7) is 0. The Kier molecular flexibility index (Phi) is 2.70. The number of imidazole rings is 1. The number of rotatable bonds is 2. The van der Waals surface area contributed by atoms with Crippen LogP contribution >= 0.6 is 0 Å². The van der Waals surface area contributed by atoms with Gasteiger partial charge >= 0.3 is 0 Å². The Labute approximate surface area is 124 Å². The fraction of sp³-hybridized carbons (Fsp3) is 0.188. The molecule has 4 nitrogen and oxygen atoms in total. The average Bonchev–Trinajstić information content (AvgIpc) is 3.31. The van der Waals surface area contributed by atoms with Gasteiger partial charge in [-0.3, -0.25) is 4.98 Å². The number of hydrogen-bond acceptors (Lipinski definition) is 3. The maximum absolute atomic E-state index is 14.2. The van der Waals surface area contributed by atoms with Crippen molar-refractivity contribution in [3.63, 3.8) is 0 Å². The Balaban J connectivity index is 2.03. The molecule has 0 aliphatic heterocycles. The Morgan fingerprint density at radius 2 is 2.05 bits per heavy atom. The van der Waals surface area contributed by atoms with Crippen molar-refractivity contribution < 1.29 is 8.78 Å². The third-order valence-electron chi connectivity index (χ3n) is 3.78. The van der Waals surface area contributed by atoms with Crippen molar-refractivity contribution in [1.82, 2.24) is 14.5 Å². The highest BCUT2D eigenvalue weighted by Gasteiger charge is 2.30. The third-order valence-corrected chi connectivity index (χ3v) is 3.78. The summed E-state index contributed by atoms with van der Waals surface area (Å²) in [5.41, 5.74) is 1.61. The summed E-state index contributed by atoms with van der Waals surface area (Å²) in [7, 11) is 0. The van der Waals surface area contributed by atoms with Crippen LogP contribution in [0.2, 0.25) is 0 Å². The molecule has 3 aromatic rings. The SMILES string of the molecule is N#Cc1cncc(-c2nc3ccc(F)c(F)c3n2C2CC2)c1. The van der Waals surface area contributed by atoms with Gasteiger partial charge in [0.05, 0.1) is 11.1 Å². The number of fused-ring (bicyclic) bond motifs is 1. The topological polar surface area (TPSA) is 54.5 Å². The Bertz CT molecular complexity index is 935. The number of halogens is 2. The molecule has 0 spiro atoms. The van der Waals surface area contributed by atoms with E-state index in [1.54, 1.807) is 16.8 Å². The van der Waals surface area contributed by atoms with Gasteiger partial charge in [-0.2, -0.15) is 5.26 Å². The van der Waals surface area contributed by atoms with Crippen LogP contribution < -0.4 is 0 Å². The van der Waals surface area contributed by atoms with E-state index in [4.69, 9.17) is 5.26 Å². The molecular formula is C16H10F2N4. The highest BCUT2D eigenvalue weighted by atomic mass is 19.2. The van der Waals surface area contributed by atoms with Crippen LogP contribution in [0.15, 0.2) is 30.6 Å². The van der Waals surface area contributed by atoms with E-state index in [2.05, 4.69) is 9.97 Å². The number of nitriles is 1. The molecule has 4 rings (SSSR count). The Morgan fingerprint density at radius 1 is 1.23 bits per heavy atom. The minimum absolute atomic E-state index is 0.113. The Hall–Kier alpha value is -2.81. The van der Waals surface area contributed by atoms with E-state index in [0.717, 1.165) is 18.9 Å². The second-order valence-electron chi connectivity index (χ2n) is 5.34. The minimum Gasteiger partial charge on any atom is -0.318 e. The molecular weight excluding hydrogens is 286 g/mol. The molecule has 0 amide bonds. The molecule has 108 valence electrons. The maximum atomic E-state index is 14.2. The predicted octanol–water partition coefficient (Wildman–Crippen LogP) is 3.58. The standard InChI is InChI=1S/C16H10F2N4/c17-12-3-4-13-15(14(12)18)22(11-1-2-11)16(21-13)10-5-9(6-19)7-20-8-10/h3-5,7-8,11H,1-2H2. The molecule has 0 atom stereocenters. The van der Waals surface area contributed by atoms with Gasteiger partial charge < -0.3 is 4.57 Å². The summed E-state index contributed by atoms with van der Waals surface area (Å²) in [5.74, 6) is -1.25. The van der Waals surface area contributed by atoms with Gasteiger partial charge in [-0.05, 0) is 31.0 Å². The third kappa shape index (κ3) is 1.86. The van der Waals surface area contributed by atoms with Crippen LogP contribution in [-0.2, 0) is 0 Å². The van der Waals surface area contributed by atoms with Gasteiger partial charge in [-0.15, -0.1) is 0 Å². The molecule has 0 bridgehead atoms. The normalized spacial score (nSPS) is 14.2. The van der Waals surface area contributed by atoms with Crippen molar-refractivity contribution in [2.45, 2.75) is 18.9 Å². The summed E-state index contributed by atoms with van der Waals surface area (Å²) < 4.78 is 29.5. The van der Waals surface area contributed by atoms with Crippen LogP contribution in [0.5, 0.6) is 0 Å². The number of hydrogen-bond donors (Lipinski definition) is 0. The average molecular weight is 296 g/mol. The van der Waals surface area contributed by atoms with Gasteiger partial charge in [0.15, 0.2) is 11.6 Å². The number of pyridine rings is 1. The first kappa shape index (κ1) is 12.9. The molecule has 0 radical (unpaired) electrons. The van der Waals surface area contributed by atoms with E-state index in [9.17, 15) is 8.78 Å². The second kappa shape index (κ2) is 4.60. The van der Waals surface area contributed by atoms with E-state index in [1.807, 2.05) is 6.07 Å². The van der Waals surface area contributed by atoms with Crippen molar-refractivity contribution in [1.29, 1.82) is 5.26 Å². The first-order valence-electron chi connectivity index (χ1n) is 6.90. The quantitative estimate of drug-likeness (QED) is 0.726. The minimum atomic E-state index is -0.884. The summed E-state index contributed by atoms with van der Waals surface area (Å²) >= 11 is 0. The monoisotopic (exact) mass is 296 g/mol. The van der Waals surface area contributed by atoms with Crippen LogP contribution in [-0.4, -0.2) is 14.5 Å². The smallest absolute Gasteiger partial charge is 0.184 e. The maximum Gasteiger partial charge on any atom is 0.184 e. The molecule has 0 N–H and O–H groups in total. The van der Waals surface area contributed by atoms with Crippen molar-refractivity contribution >= 4 is 11.0 Å². The first-order chi connectivity index (χ1) is 10.7. The number of aromatic nitrogens is 3. The number of benzene rings is 1. The zero-order valence-corrected chi connectivity index (χ0v) is 11.4. The zero-order valence-electron chi connectivity index (χ0n) is 11.4. The molecule has 1 aliphatic carbocycles. The van der Waals surface area contributed by atoms with Crippen LogP contribution in [0.25, 0.3) is 22.4 Å². The summed E-state index contributed by atoms with van der Waals surface area (Å²) in [6.07, 6.45) is 4.84. The molecule has 1 aromatic carbocycles. The molecule has 22 heavy (non-hydrogen) atoms. The van der Waals surface area contributed by atoms with Gasteiger partial charge in [0.1, 0.15) is 17.4 Å². The zero-order chi connectivity index (χ0) is 15.3. The van der Waals surface area contributed by atoms with Crippen LogP contribution in [0.4, 0.5) is 8.78 Å². The van der Waals surface area contributed by atoms with Crippen LogP contribution in [0.1, 0.15) is 24.4 Å². The molecule has 0 saturated heterocycles. The first-order valence-corrected chi connectivity index (χ1v) is 6.90. The van der Waals surface area contributed by atoms with E-state index < -0.39 is 11.6 Å². The van der Waals surface area contributed by atoms with Crippen molar-refractivity contribution in [3.8, 4) is 17.5 Å². The van der Waals surface area contributed by atoms with Crippen molar-refractivity contribution in [2.75, 3.05) is 0 Å². The Morgan fingerprint density at radius 3 is 2.77 bits per heavy atom. The largest absolute Gasteiger partial charge is 0.318 e. The van der Waals surface area contributed by atoms with Gasteiger partial charge in [-0.1, -0.05) is 0 Å². The molecule has 2 aromatic heterocycles. The lowest BCUT2D eigenvalue weighted by molar-refractivity contribution is 0.511. The van der Waals surface area contributed by atoms with E-state index >= 15 is 0 Å². The second-order valence-corrected chi connectivity index (χ2v) is 5.34. The predicted molar refractivity (Wildman–Crippen MR) is 75.9 cm³/mol. The lowest BCUT2D eigenvalue weighted by Crippen LogP contribution is -2.00. The van der Waals surface area contributed by atoms with Crippen LogP contribution in [0, 0.1) is 23.0 Å². The highest BCUT2D eigenvalue weighted by molar-refractivity contribution is 5.81. The highest BCUT2D eigenvalue weighted by Crippen LogP contribution is 2.42. The summed E-state index contributed by atoms with van der Waals surface area (Å²) in [4.78, 5) is 8.45. The van der Waals surface area contributed by atoms with E-state index in [1.165, 1.54) is 12.3 Å². The molecule has 6 heteroatoms. The van der Waals surface area contributed by atoms with E-state index in [-0.39, 0.29) is 11.6 Å². The lowest BCUT2D eigenvalue weighted by atomic mass is 10.2. The fourth-order valence-electron chi connectivity index (χ4n) is 2.64. The summed E-state index contributed by atoms with van der Waals surface area (Å²) in [5, 5.41) is 8.99. The van der Waals surface area contributed by atoms with Crippen molar-refractivity contribution in [2.24, 2.45) is 0 Å². The van der Waals surface area contributed by atoms with Gasteiger partial charge in [-0.25, -0.2) is 13.8 Å². The molecule has 1 aliphatic rings. The van der Waals surface area contributed by atoms with Gasteiger partial charge in [0, 0.05) is 24.0 Å².